The molecule has 0 fully saturated rings. The normalized spacial score (nSPS) is 12.2. The van der Waals surface area contributed by atoms with Gasteiger partial charge < -0.3 is 4.42 Å². The molecule has 0 atom stereocenters. The summed E-state index contributed by atoms with van der Waals surface area (Å²) in [5.74, 6) is 0. The summed E-state index contributed by atoms with van der Waals surface area (Å²) in [6.07, 6.45) is -2.14. The largest absolute Gasteiger partial charge is 0.464 e. The lowest BCUT2D eigenvalue weighted by Crippen LogP contribution is -2.03. The molecule has 3 aromatic rings. The molecule has 0 aliphatic heterocycles. The first kappa shape index (κ1) is 10.9. The summed E-state index contributed by atoms with van der Waals surface area (Å²) in [6, 6.07) is 6.32. The molecule has 0 unspecified atom stereocenters. The summed E-state index contributed by atoms with van der Waals surface area (Å²) in [4.78, 5) is 0. The number of aromatic amines is 1. The third-order valence-electron chi connectivity index (χ3n) is 2.69. The molecule has 0 saturated carbocycles. The van der Waals surface area contributed by atoms with Crippen molar-refractivity contribution in [3.8, 4) is 11.3 Å². The van der Waals surface area contributed by atoms with Gasteiger partial charge in [0.05, 0.1) is 5.69 Å². The molecule has 2 aromatic heterocycles. The monoisotopic (exact) mass is 252 g/mol. The number of hydrogen-bond donors (Lipinski definition) is 1. The van der Waals surface area contributed by atoms with Crippen molar-refractivity contribution in [1.82, 2.24) is 10.2 Å². The number of fused-ring (bicyclic) bond motifs is 1. The predicted molar refractivity (Wildman–Crippen MR) is 58.8 cm³/mol. The van der Waals surface area contributed by atoms with E-state index in [1.54, 1.807) is 18.3 Å². The first-order valence-electron chi connectivity index (χ1n) is 5.14. The number of halogens is 3. The Morgan fingerprint density at radius 2 is 2.00 bits per heavy atom. The maximum atomic E-state index is 12.7. The van der Waals surface area contributed by atoms with Gasteiger partial charge in [-0.15, -0.1) is 0 Å². The van der Waals surface area contributed by atoms with Gasteiger partial charge in [-0.05, 0) is 24.3 Å². The van der Waals surface area contributed by atoms with Crippen LogP contribution >= 0.6 is 0 Å². The van der Waals surface area contributed by atoms with E-state index < -0.39 is 11.7 Å². The minimum atomic E-state index is -4.42. The van der Waals surface area contributed by atoms with Crippen LogP contribution in [-0.4, -0.2) is 10.2 Å². The smallest absolute Gasteiger partial charge is 0.420 e. The van der Waals surface area contributed by atoms with E-state index >= 15 is 0 Å². The van der Waals surface area contributed by atoms with Crippen molar-refractivity contribution < 1.29 is 17.6 Å². The SMILES string of the molecule is FC(F)(F)c1coc2ccc(-c3ccn[nH]3)cc12. The molecule has 0 radical (unpaired) electrons. The number of H-pyrrole nitrogens is 1. The fourth-order valence-electron chi connectivity index (χ4n) is 1.83. The number of hydrogen-bond acceptors (Lipinski definition) is 2. The molecule has 6 heteroatoms. The number of furan rings is 1. The zero-order valence-electron chi connectivity index (χ0n) is 8.95. The van der Waals surface area contributed by atoms with Gasteiger partial charge in [-0.25, -0.2) is 0 Å². The summed E-state index contributed by atoms with van der Waals surface area (Å²) < 4.78 is 43.1. The Balaban J connectivity index is 2.22. The van der Waals surface area contributed by atoms with Crippen LogP contribution < -0.4 is 0 Å². The highest BCUT2D eigenvalue weighted by molar-refractivity contribution is 5.86. The fraction of sp³-hybridized carbons (Fsp3) is 0.0833. The molecule has 0 aliphatic rings. The van der Waals surface area contributed by atoms with E-state index in [4.69, 9.17) is 4.42 Å². The number of rotatable bonds is 1. The van der Waals surface area contributed by atoms with Gasteiger partial charge in [0, 0.05) is 17.1 Å². The first-order valence-corrected chi connectivity index (χ1v) is 5.14. The van der Waals surface area contributed by atoms with Gasteiger partial charge in [0.1, 0.15) is 17.4 Å². The Morgan fingerprint density at radius 1 is 1.17 bits per heavy atom. The van der Waals surface area contributed by atoms with Gasteiger partial charge in [0.2, 0.25) is 0 Å². The lowest BCUT2D eigenvalue weighted by atomic mass is 10.1. The van der Waals surface area contributed by atoms with Crippen molar-refractivity contribution in [1.29, 1.82) is 0 Å². The standard InChI is InChI=1S/C12H7F3N2O/c13-12(14,15)9-6-18-11-2-1-7(5-8(9)11)10-3-4-16-17-10/h1-6H,(H,16,17). The van der Waals surface area contributed by atoms with Gasteiger partial charge in [0.15, 0.2) is 0 Å². The van der Waals surface area contributed by atoms with E-state index in [0.29, 0.717) is 11.3 Å². The molecule has 0 bridgehead atoms. The van der Waals surface area contributed by atoms with Crippen LogP contribution in [0.5, 0.6) is 0 Å². The van der Waals surface area contributed by atoms with Crippen LogP contribution in [0.15, 0.2) is 41.1 Å². The van der Waals surface area contributed by atoms with E-state index in [2.05, 4.69) is 10.2 Å². The Kier molecular flexibility index (Phi) is 2.19. The second kappa shape index (κ2) is 3.63. The highest BCUT2D eigenvalue weighted by atomic mass is 19.4. The van der Waals surface area contributed by atoms with Gasteiger partial charge >= 0.3 is 6.18 Å². The summed E-state index contributed by atoms with van der Waals surface area (Å²) in [5.41, 5.74) is 0.739. The summed E-state index contributed by atoms with van der Waals surface area (Å²) in [5, 5.41) is 6.52. The van der Waals surface area contributed by atoms with Crippen molar-refractivity contribution in [3.63, 3.8) is 0 Å². The predicted octanol–water partition coefficient (Wildman–Crippen LogP) is 3.84. The zero-order chi connectivity index (χ0) is 12.8. The Hall–Kier alpha value is -2.24. The Bertz CT molecular complexity index is 683. The van der Waals surface area contributed by atoms with Crippen LogP contribution in [0.1, 0.15) is 5.56 Å². The molecule has 1 N–H and O–H groups in total. The summed E-state index contributed by atoms with van der Waals surface area (Å²) in [7, 11) is 0. The Morgan fingerprint density at radius 3 is 2.67 bits per heavy atom. The molecule has 3 rings (SSSR count). The van der Waals surface area contributed by atoms with Gasteiger partial charge in [-0.1, -0.05) is 0 Å². The van der Waals surface area contributed by atoms with Crippen LogP contribution in [-0.2, 0) is 6.18 Å². The van der Waals surface area contributed by atoms with Crippen molar-refractivity contribution in [2.24, 2.45) is 0 Å². The topological polar surface area (TPSA) is 41.8 Å². The number of alkyl halides is 3. The molecule has 0 saturated heterocycles. The van der Waals surface area contributed by atoms with Crippen LogP contribution in [0.25, 0.3) is 22.2 Å². The molecule has 18 heavy (non-hydrogen) atoms. The zero-order valence-corrected chi connectivity index (χ0v) is 8.95. The highest BCUT2D eigenvalue weighted by Gasteiger charge is 2.34. The number of benzene rings is 1. The van der Waals surface area contributed by atoms with Gasteiger partial charge in [0.25, 0.3) is 0 Å². The van der Waals surface area contributed by atoms with Crippen molar-refractivity contribution >= 4 is 11.0 Å². The van der Waals surface area contributed by atoms with Gasteiger partial charge in [-0.3, -0.25) is 5.10 Å². The fourth-order valence-corrected chi connectivity index (χ4v) is 1.83. The van der Waals surface area contributed by atoms with Crippen LogP contribution in [0.4, 0.5) is 13.2 Å². The highest BCUT2D eigenvalue weighted by Crippen LogP contribution is 2.37. The average Bonchev–Trinajstić information content (AvgIpc) is 2.96. The summed E-state index contributed by atoms with van der Waals surface area (Å²) in [6.45, 7) is 0. The van der Waals surface area contributed by atoms with Crippen LogP contribution in [0, 0.1) is 0 Å². The van der Waals surface area contributed by atoms with Crippen LogP contribution in [0.2, 0.25) is 0 Å². The van der Waals surface area contributed by atoms with Crippen LogP contribution in [0.3, 0.4) is 0 Å². The molecule has 0 aliphatic carbocycles. The molecule has 3 nitrogen and oxygen atoms in total. The van der Waals surface area contributed by atoms with E-state index in [0.717, 1.165) is 6.26 Å². The number of aromatic nitrogens is 2. The average molecular weight is 252 g/mol. The Labute approximate surface area is 99.2 Å². The molecule has 2 heterocycles. The first-order chi connectivity index (χ1) is 8.55. The maximum Gasteiger partial charge on any atom is 0.420 e. The van der Waals surface area contributed by atoms with Crippen molar-refractivity contribution in [2.75, 3.05) is 0 Å². The minimum Gasteiger partial charge on any atom is -0.464 e. The maximum absolute atomic E-state index is 12.7. The van der Waals surface area contributed by atoms with E-state index in [1.165, 1.54) is 12.1 Å². The second-order valence-corrected chi connectivity index (χ2v) is 3.83. The third-order valence-corrected chi connectivity index (χ3v) is 2.69. The lowest BCUT2D eigenvalue weighted by Gasteiger charge is -2.03. The lowest BCUT2D eigenvalue weighted by molar-refractivity contribution is -0.136. The quantitative estimate of drug-likeness (QED) is 0.714. The third kappa shape index (κ3) is 1.66. The molecule has 1 aromatic carbocycles. The number of nitrogens with one attached hydrogen (secondary N) is 1. The van der Waals surface area contributed by atoms with E-state index in [-0.39, 0.29) is 11.0 Å². The minimum absolute atomic E-state index is 0.0506. The van der Waals surface area contributed by atoms with Crippen molar-refractivity contribution in [2.45, 2.75) is 6.18 Å². The van der Waals surface area contributed by atoms with E-state index in [9.17, 15) is 13.2 Å². The molecular weight excluding hydrogens is 245 g/mol. The molecule has 0 amide bonds. The second-order valence-electron chi connectivity index (χ2n) is 3.83. The van der Waals surface area contributed by atoms with Crippen molar-refractivity contribution in [3.05, 3.63) is 42.3 Å². The van der Waals surface area contributed by atoms with E-state index in [1.807, 2.05) is 0 Å². The molecular formula is C12H7F3N2O. The number of nitrogens with zero attached hydrogens (tertiary/aromatic N) is 1. The summed E-state index contributed by atoms with van der Waals surface area (Å²) >= 11 is 0. The van der Waals surface area contributed by atoms with Gasteiger partial charge in [-0.2, -0.15) is 18.3 Å². The molecule has 92 valence electrons. The molecule has 0 spiro atoms.